The van der Waals surface area contributed by atoms with Crippen molar-refractivity contribution in [1.29, 1.82) is 0 Å². The summed E-state index contributed by atoms with van der Waals surface area (Å²) in [5, 5.41) is 1.66. The molecule has 3 unspecified atom stereocenters. The van der Waals surface area contributed by atoms with Crippen molar-refractivity contribution in [2.24, 2.45) is 5.92 Å². The van der Waals surface area contributed by atoms with E-state index in [9.17, 15) is 9.59 Å². The van der Waals surface area contributed by atoms with Crippen LogP contribution in [0.5, 0.6) is 0 Å². The topological polar surface area (TPSA) is 67.9 Å². The number of hydrogen-bond donors (Lipinski definition) is 1. The van der Waals surface area contributed by atoms with Crippen molar-refractivity contribution in [2.45, 2.75) is 19.0 Å². The molecule has 1 aromatic carbocycles. The molecule has 108 valence electrons. The third-order valence-corrected chi connectivity index (χ3v) is 3.45. The number of esters is 2. The summed E-state index contributed by atoms with van der Waals surface area (Å²) in [4.78, 5) is 24.0. The predicted molar refractivity (Wildman–Crippen MR) is 72.8 cm³/mol. The molecule has 2 rings (SSSR count). The molecule has 0 bridgehead atoms. The first-order chi connectivity index (χ1) is 9.60. The van der Waals surface area contributed by atoms with Crippen molar-refractivity contribution in [1.82, 2.24) is 5.43 Å². The van der Waals surface area contributed by atoms with Crippen LogP contribution in [0.2, 0.25) is 0 Å². The van der Waals surface area contributed by atoms with E-state index in [1.54, 1.807) is 5.01 Å². The van der Waals surface area contributed by atoms with Crippen LogP contribution in [-0.2, 0) is 19.1 Å². The van der Waals surface area contributed by atoms with Gasteiger partial charge >= 0.3 is 11.9 Å². The van der Waals surface area contributed by atoms with Gasteiger partial charge in [0, 0.05) is 6.04 Å². The lowest BCUT2D eigenvalue weighted by atomic mass is 9.95. The van der Waals surface area contributed by atoms with Gasteiger partial charge in [-0.3, -0.25) is 9.80 Å². The first-order valence-electron chi connectivity index (χ1n) is 6.36. The van der Waals surface area contributed by atoms with Gasteiger partial charge in [0.2, 0.25) is 0 Å². The number of para-hydroxylation sites is 1. The Kier molecular flexibility index (Phi) is 4.24. The van der Waals surface area contributed by atoms with E-state index in [0.29, 0.717) is 0 Å². The normalized spacial score (nSPS) is 25.4. The van der Waals surface area contributed by atoms with Gasteiger partial charge in [-0.2, -0.15) is 0 Å². The van der Waals surface area contributed by atoms with Crippen LogP contribution in [0, 0.1) is 5.92 Å². The van der Waals surface area contributed by atoms with Gasteiger partial charge in [0.25, 0.3) is 0 Å². The number of anilines is 1. The Morgan fingerprint density at radius 1 is 1.10 bits per heavy atom. The number of rotatable bonds is 3. The van der Waals surface area contributed by atoms with Crippen molar-refractivity contribution >= 4 is 17.6 Å². The van der Waals surface area contributed by atoms with E-state index < -0.39 is 23.9 Å². The molecule has 3 atom stereocenters. The van der Waals surface area contributed by atoms with E-state index in [-0.39, 0.29) is 6.04 Å². The molecule has 0 saturated carbocycles. The number of benzene rings is 1. The highest BCUT2D eigenvalue weighted by Crippen LogP contribution is 2.29. The molecule has 0 radical (unpaired) electrons. The Morgan fingerprint density at radius 3 is 2.25 bits per heavy atom. The van der Waals surface area contributed by atoms with Crippen LogP contribution in [0.1, 0.15) is 6.92 Å². The Hall–Kier alpha value is -2.08. The molecule has 0 aliphatic carbocycles. The fraction of sp³-hybridized carbons (Fsp3) is 0.429. The number of hydrazine groups is 1. The van der Waals surface area contributed by atoms with E-state index >= 15 is 0 Å². The molecule has 1 aliphatic heterocycles. The molecule has 1 heterocycles. The van der Waals surface area contributed by atoms with Crippen molar-refractivity contribution in [3.63, 3.8) is 0 Å². The Morgan fingerprint density at radius 2 is 1.70 bits per heavy atom. The summed E-state index contributed by atoms with van der Waals surface area (Å²) >= 11 is 0. The van der Waals surface area contributed by atoms with Crippen LogP contribution in [0.15, 0.2) is 30.3 Å². The SMILES string of the molecule is COC(=O)C1C(C)NN(c2ccccc2)C1C(=O)OC. The van der Waals surface area contributed by atoms with E-state index in [2.05, 4.69) is 5.43 Å². The summed E-state index contributed by atoms with van der Waals surface area (Å²) in [5.74, 6) is -1.52. The molecular weight excluding hydrogens is 260 g/mol. The van der Waals surface area contributed by atoms with Crippen molar-refractivity contribution < 1.29 is 19.1 Å². The van der Waals surface area contributed by atoms with Gasteiger partial charge in [-0.25, -0.2) is 10.2 Å². The lowest BCUT2D eigenvalue weighted by Gasteiger charge is -2.25. The van der Waals surface area contributed by atoms with Gasteiger partial charge in [-0.15, -0.1) is 0 Å². The standard InChI is InChI=1S/C14H18N2O4/c1-9-11(13(17)19-2)12(14(18)20-3)16(15-9)10-7-5-4-6-8-10/h4-9,11-12,15H,1-3H3. The van der Waals surface area contributed by atoms with Gasteiger partial charge in [0.05, 0.1) is 19.9 Å². The molecule has 6 nitrogen and oxygen atoms in total. The van der Waals surface area contributed by atoms with E-state index in [0.717, 1.165) is 5.69 Å². The van der Waals surface area contributed by atoms with Gasteiger partial charge in [0.1, 0.15) is 5.92 Å². The minimum Gasteiger partial charge on any atom is -0.469 e. The van der Waals surface area contributed by atoms with Crippen LogP contribution < -0.4 is 10.4 Å². The summed E-state index contributed by atoms with van der Waals surface area (Å²) in [6, 6.07) is 8.35. The molecule has 20 heavy (non-hydrogen) atoms. The van der Waals surface area contributed by atoms with Crippen molar-refractivity contribution in [2.75, 3.05) is 19.2 Å². The number of methoxy groups -OCH3 is 2. The Bertz CT molecular complexity index is 491. The van der Waals surface area contributed by atoms with E-state index in [4.69, 9.17) is 9.47 Å². The molecule has 0 spiro atoms. The molecule has 1 saturated heterocycles. The smallest absolute Gasteiger partial charge is 0.331 e. The maximum atomic E-state index is 12.1. The molecule has 1 aliphatic rings. The largest absolute Gasteiger partial charge is 0.469 e. The zero-order valence-electron chi connectivity index (χ0n) is 11.7. The van der Waals surface area contributed by atoms with Gasteiger partial charge in [-0.05, 0) is 19.1 Å². The van der Waals surface area contributed by atoms with Crippen molar-refractivity contribution in [3.05, 3.63) is 30.3 Å². The van der Waals surface area contributed by atoms with Gasteiger partial charge < -0.3 is 9.47 Å². The van der Waals surface area contributed by atoms with Crippen LogP contribution in [0.4, 0.5) is 5.69 Å². The molecule has 0 aromatic heterocycles. The second-order valence-electron chi connectivity index (χ2n) is 4.64. The van der Waals surface area contributed by atoms with Gasteiger partial charge in [0.15, 0.2) is 6.04 Å². The molecule has 1 aromatic rings. The maximum Gasteiger partial charge on any atom is 0.331 e. The fourth-order valence-corrected chi connectivity index (χ4v) is 2.48. The maximum absolute atomic E-state index is 12.1. The highest BCUT2D eigenvalue weighted by Gasteiger charge is 2.49. The zero-order valence-corrected chi connectivity index (χ0v) is 11.7. The molecule has 0 amide bonds. The summed E-state index contributed by atoms with van der Waals surface area (Å²) < 4.78 is 9.63. The highest BCUT2D eigenvalue weighted by molar-refractivity contribution is 5.89. The number of ether oxygens (including phenoxy) is 2. The molecule has 1 fully saturated rings. The third-order valence-electron chi connectivity index (χ3n) is 3.45. The lowest BCUT2D eigenvalue weighted by Crippen LogP contribution is -2.45. The summed E-state index contributed by atoms with van der Waals surface area (Å²) in [6.07, 6.45) is 0. The average Bonchev–Trinajstić information content (AvgIpc) is 2.84. The van der Waals surface area contributed by atoms with Crippen LogP contribution >= 0.6 is 0 Å². The quantitative estimate of drug-likeness (QED) is 0.822. The molecule has 1 N–H and O–H groups in total. The lowest BCUT2D eigenvalue weighted by molar-refractivity contribution is -0.152. The predicted octanol–water partition coefficient (Wildman–Crippen LogP) is 0.730. The first kappa shape index (κ1) is 14.3. The minimum absolute atomic E-state index is 0.230. The average molecular weight is 278 g/mol. The molecule has 6 heteroatoms. The summed E-state index contributed by atoms with van der Waals surface area (Å²) in [7, 11) is 2.62. The number of hydrogen-bond acceptors (Lipinski definition) is 6. The fourth-order valence-electron chi connectivity index (χ4n) is 2.48. The minimum atomic E-state index is -0.746. The van der Waals surface area contributed by atoms with Gasteiger partial charge in [-0.1, -0.05) is 18.2 Å². The summed E-state index contributed by atoms with van der Waals surface area (Å²) in [6.45, 7) is 1.83. The Labute approximate surface area is 117 Å². The third kappa shape index (κ3) is 2.46. The number of carbonyl (C=O) groups excluding carboxylic acids is 2. The van der Waals surface area contributed by atoms with Crippen LogP contribution in [-0.4, -0.2) is 38.2 Å². The Balaban J connectivity index is 2.37. The van der Waals surface area contributed by atoms with Crippen molar-refractivity contribution in [3.8, 4) is 0 Å². The number of carbonyl (C=O) groups is 2. The van der Waals surface area contributed by atoms with E-state index in [1.165, 1.54) is 14.2 Å². The first-order valence-corrected chi connectivity index (χ1v) is 6.36. The number of nitrogens with one attached hydrogen (secondary N) is 1. The van der Waals surface area contributed by atoms with Crippen LogP contribution in [0.3, 0.4) is 0 Å². The van der Waals surface area contributed by atoms with Crippen LogP contribution in [0.25, 0.3) is 0 Å². The second-order valence-corrected chi connectivity index (χ2v) is 4.64. The zero-order chi connectivity index (χ0) is 14.7. The monoisotopic (exact) mass is 278 g/mol. The molecular formula is C14H18N2O4. The van der Waals surface area contributed by atoms with E-state index in [1.807, 2.05) is 37.3 Å². The second kappa shape index (κ2) is 5.92. The number of nitrogens with zero attached hydrogens (tertiary/aromatic N) is 1. The highest BCUT2D eigenvalue weighted by atomic mass is 16.5. The summed E-state index contributed by atoms with van der Waals surface area (Å²) in [5.41, 5.74) is 3.93.